The van der Waals surface area contributed by atoms with E-state index in [0.29, 0.717) is 13.0 Å². The van der Waals surface area contributed by atoms with Crippen LogP contribution in [-0.4, -0.2) is 37.7 Å². The predicted octanol–water partition coefficient (Wildman–Crippen LogP) is 4.30. The predicted molar refractivity (Wildman–Crippen MR) is 115 cm³/mol. The Balaban J connectivity index is 2.00. The smallest absolute Gasteiger partial charge is 0.344 e. The van der Waals surface area contributed by atoms with Crippen molar-refractivity contribution in [1.29, 1.82) is 0 Å². The first-order valence-corrected chi connectivity index (χ1v) is 10.4. The van der Waals surface area contributed by atoms with E-state index in [1.807, 2.05) is 24.3 Å². The number of nitrogens with one attached hydrogen (secondary N) is 1. The van der Waals surface area contributed by atoms with Crippen LogP contribution in [-0.2, 0) is 20.7 Å². The number of rotatable bonds is 11. The molecule has 0 spiro atoms. The molecule has 0 fully saturated rings. The highest BCUT2D eigenvalue weighted by atomic mass is 16.5. The lowest BCUT2D eigenvalue weighted by Crippen LogP contribution is -2.17. The number of hydrogen-bond donors (Lipinski definition) is 1. The SMILES string of the molecule is CCOC(=O)c1c(C)oc(NC(=O)CCCOc2ccc(CC)cc2)c1C(=O)OCC. The third-order valence-electron chi connectivity index (χ3n) is 4.44. The minimum Gasteiger partial charge on any atom is -0.494 e. The molecule has 0 radical (unpaired) electrons. The molecule has 0 unspecified atom stereocenters. The van der Waals surface area contributed by atoms with Crippen LogP contribution in [0.25, 0.3) is 0 Å². The molecule has 8 heteroatoms. The molecule has 2 aromatic rings. The van der Waals surface area contributed by atoms with E-state index in [4.69, 9.17) is 18.6 Å². The molecule has 0 saturated heterocycles. The topological polar surface area (TPSA) is 104 Å². The zero-order chi connectivity index (χ0) is 22.8. The van der Waals surface area contributed by atoms with Crippen LogP contribution in [0.5, 0.6) is 5.75 Å². The number of furan rings is 1. The van der Waals surface area contributed by atoms with E-state index in [1.165, 1.54) is 12.5 Å². The molecule has 0 saturated carbocycles. The van der Waals surface area contributed by atoms with Gasteiger partial charge in [0.15, 0.2) is 0 Å². The van der Waals surface area contributed by atoms with Crippen molar-refractivity contribution >= 4 is 23.7 Å². The maximum absolute atomic E-state index is 12.4. The van der Waals surface area contributed by atoms with E-state index in [-0.39, 0.29) is 48.3 Å². The number of carbonyl (C=O) groups excluding carboxylic acids is 3. The molecule has 31 heavy (non-hydrogen) atoms. The molecule has 0 aliphatic carbocycles. The summed E-state index contributed by atoms with van der Waals surface area (Å²) in [5, 5.41) is 2.55. The summed E-state index contributed by atoms with van der Waals surface area (Å²) in [6.07, 6.45) is 1.56. The van der Waals surface area contributed by atoms with Gasteiger partial charge in [-0.1, -0.05) is 19.1 Å². The Morgan fingerprint density at radius 3 is 2.13 bits per heavy atom. The van der Waals surface area contributed by atoms with Crippen LogP contribution in [0.2, 0.25) is 0 Å². The van der Waals surface area contributed by atoms with E-state index in [0.717, 1.165) is 12.2 Å². The normalized spacial score (nSPS) is 10.5. The highest BCUT2D eigenvalue weighted by molar-refractivity contribution is 6.09. The number of benzene rings is 1. The van der Waals surface area contributed by atoms with Crippen molar-refractivity contribution in [1.82, 2.24) is 0 Å². The molecule has 0 bridgehead atoms. The second-order valence-electron chi connectivity index (χ2n) is 6.68. The van der Waals surface area contributed by atoms with Crippen LogP contribution in [0.15, 0.2) is 28.7 Å². The summed E-state index contributed by atoms with van der Waals surface area (Å²) in [5.41, 5.74) is 1.04. The van der Waals surface area contributed by atoms with Gasteiger partial charge in [-0.3, -0.25) is 10.1 Å². The Labute approximate surface area is 181 Å². The standard InChI is InChI=1S/C23H29NO7/c1-5-16-10-12-17(13-11-16)30-14-8-9-18(25)24-21-20(23(27)29-7-3)19(15(4)31-21)22(26)28-6-2/h10-13H,5-9,14H2,1-4H3,(H,24,25). The van der Waals surface area contributed by atoms with E-state index in [9.17, 15) is 14.4 Å². The third-order valence-corrected chi connectivity index (χ3v) is 4.44. The summed E-state index contributed by atoms with van der Waals surface area (Å²) in [5.74, 6) is -1.08. The van der Waals surface area contributed by atoms with Crippen molar-refractivity contribution in [3.8, 4) is 5.75 Å². The Morgan fingerprint density at radius 2 is 1.55 bits per heavy atom. The van der Waals surface area contributed by atoms with Gasteiger partial charge >= 0.3 is 11.9 Å². The molecule has 0 aliphatic rings. The Bertz CT molecular complexity index is 899. The van der Waals surface area contributed by atoms with Gasteiger partial charge in [0.2, 0.25) is 11.8 Å². The van der Waals surface area contributed by atoms with Gasteiger partial charge < -0.3 is 18.6 Å². The lowest BCUT2D eigenvalue weighted by Gasteiger charge is -2.08. The molecular weight excluding hydrogens is 402 g/mol. The lowest BCUT2D eigenvalue weighted by atomic mass is 10.1. The average Bonchev–Trinajstić information content (AvgIpc) is 3.07. The molecule has 1 amide bonds. The Kier molecular flexibility index (Phi) is 9.12. The highest BCUT2D eigenvalue weighted by Crippen LogP contribution is 2.29. The minimum atomic E-state index is -0.767. The number of esters is 2. The number of carbonyl (C=O) groups is 3. The zero-order valence-electron chi connectivity index (χ0n) is 18.4. The molecule has 2 rings (SSSR count). The summed E-state index contributed by atoms with van der Waals surface area (Å²) >= 11 is 0. The van der Waals surface area contributed by atoms with E-state index in [2.05, 4.69) is 12.2 Å². The van der Waals surface area contributed by atoms with E-state index >= 15 is 0 Å². The Morgan fingerprint density at radius 1 is 0.935 bits per heavy atom. The van der Waals surface area contributed by atoms with E-state index in [1.54, 1.807) is 13.8 Å². The fraction of sp³-hybridized carbons (Fsp3) is 0.435. The summed E-state index contributed by atoms with van der Waals surface area (Å²) in [6.45, 7) is 7.49. The summed E-state index contributed by atoms with van der Waals surface area (Å²) < 4.78 is 21.1. The van der Waals surface area contributed by atoms with Crippen LogP contribution in [0.3, 0.4) is 0 Å². The van der Waals surface area contributed by atoms with E-state index < -0.39 is 11.9 Å². The van der Waals surface area contributed by atoms with Gasteiger partial charge in [-0.2, -0.15) is 0 Å². The van der Waals surface area contributed by atoms with Crippen molar-refractivity contribution in [2.75, 3.05) is 25.1 Å². The lowest BCUT2D eigenvalue weighted by molar-refractivity contribution is -0.116. The second kappa shape index (κ2) is 11.8. The van der Waals surface area contributed by atoms with Crippen LogP contribution < -0.4 is 10.1 Å². The number of hydrogen-bond acceptors (Lipinski definition) is 7. The van der Waals surface area contributed by atoms with Crippen LogP contribution in [0.4, 0.5) is 5.88 Å². The monoisotopic (exact) mass is 431 g/mol. The molecule has 1 aromatic carbocycles. The molecule has 168 valence electrons. The van der Waals surface area contributed by atoms with Crippen LogP contribution >= 0.6 is 0 Å². The molecule has 0 atom stereocenters. The van der Waals surface area contributed by atoms with Crippen molar-refractivity contribution in [2.24, 2.45) is 0 Å². The molecule has 1 aromatic heterocycles. The van der Waals surface area contributed by atoms with Gasteiger partial charge in [0.25, 0.3) is 0 Å². The zero-order valence-corrected chi connectivity index (χ0v) is 18.4. The third kappa shape index (κ3) is 6.60. The largest absolute Gasteiger partial charge is 0.494 e. The highest BCUT2D eigenvalue weighted by Gasteiger charge is 2.31. The number of amides is 1. The first kappa shape index (κ1) is 24.0. The van der Waals surface area contributed by atoms with Gasteiger partial charge in [0.05, 0.1) is 19.8 Å². The second-order valence-corrected chi connectivity index (χ2v) is 6.68. The maximum atomic E-state index is 12.4. The van der Waals surface area contributed by atoms with Crippen LogP contribution in [0.1, 0.15) is 65.7 Å². The first-order valence-electron chi connectivity index (χ1n) is 10.4. The number of anilines is 1. The van der Waals surface area contributed by atoms with Gasteiger partial charge in [-0.25, -0.2) is 9.59 Å². The fourth-order valence-corrected chi connectivity index (χ4v) is 2.91. The Hall–Kier alpha value is -3.29. The van der Waals surface area contributed by atoms with Crippen LogP contribution in [0, 0.1) is 6.92 Å². The first-order chi connectivity index (χ1) is 14.9. The summed E-state index contributed by atoms with van der Waals surface area (Å²) in [4.78, 5) is 37.0. The van der Waals surface area contributed by atoms with Crippen molar-refractivity contribution in [3.05, 3.63) is 46.7 Å². The van der Waals surface area contributed by atoms with Gasteiger partial charge in [-0.15, -0.1) is 0 Å². The summed E-state index contributed by atoms with van der Waals surface area (Å²) in [7, 11) is 0. The van der Waals surface area contributed by atoms with Gasteiger partial charge in [0, 0.05) is 6.42 Å². The molecule has 0 aliphatic heterocycles. The van der Waals surface area contributed by atoms with Crippen molar-refractivity contribution in [3.63, 3.8) is 0 Å². The minimum absolute atomic E-state index is 0.0468. The fourth-order valence-electron chi connectivity index (χ4n) is 2.91. The maximum Gasteiger partial charge on any atom is 0.344 e. The van der Waals surface area contributed by atoms with Gasteiger partial charge in [0.1, 0.15) is 22.6 Å². The molecule has 1 N–H and O–H groups in total. The number of ether oxygens (including phenoxy) is 3. The molecule has 1 heterocycles. The average molecular weight is 431 g/mol. The summed E-state index contributed by atoms with van der Waals surface area (Å²) in [6, 6.07) is 7.79. The van der Waals surface area contributed by atoms with Crippen molar-refractivity contribution in [2.45, 2.75) is 47.0 Å². The molecular formula is C23H29NO7. The van der Waals surface area contributed by atoms with Crippen molar-refractivity contribution < 1.29 is 33.0 Å². The molecule has 8 nitrogen and oxygen atoms in total. The number of aryl methyl sites for hydroxylation is 2. The van der Waals surface area contributed by atoms with Gasteiger partial charge in [-0.05, 0) is 51.3 Å². The quantitative estimate of drug-likeness (QED) is 0.418.